The molecule has 4 nitrogen and oxygen atoms in total. The fourth-order valence-corrected chi connectivity index (χ4v) is 1.57. The first-order valence-electron chi connectivity index (χ1n) is 5.45. The Labute approximate surface area is 91.0 Å². The largest absolute Gasteiger partial charge is 0.354 e. The van der Waals surface area contributed by atoms with E-state index in [1.54, 1.807) is 0 Å². The monoisotopic (exact) mass is 209 g/mol. The molecule has 0 saturated carbocycles. The van der Waals surface area contributed by atoms with E-state index >= 15 is 0 Å². The van der Waals surface area contributed by atoms with Gasteiger partial charge in [0.05, 0.1) is 17.4 Å². The minimum absolute atomic E-state index is 0.0746. The predicted octanol–water partition coefficient (Wildman–Crippen LogP) is 0.652. The van der Waals surface area contributed by atoms with E-state index in [1.807, 2.05) is 13.8 Å². The molecular formula is C11H19N3O. The topological polar surface area (TPSA) is 64.9 Å². The van der Waals surface area contributed by atoms with Crippen molar-refractivity contribution in [1.29, 1.82) is 5.26 Å². The van der Waals surface area contributed by atoms with Gasteiger partial charge in [-0.2, -0.15) is 5.26 Å². The zero-order valence-electron chi connectivity index (χ0n) is 9.47. The molecule has 1 saturated heterocycles. The normalized spacial score (nSPS) is 21.8. The third-order valence-corrected chi connectivity index (χ3v) is 2.67. The fraction of sp³-hybridized carbons (Fsp3) is 0.818. The molecule has 15 heavy (non-hydrogen) atoms. The molecule has 1 aliphatic rings. The van der Waals surface area contributed by atoms with Crippen molar-refractivity contribution >= 4 is 5.91 Å². The van der Waals surface area contributed by atoms with Crippen molar-refractivity contribution in [2.24, 2.45) is 11.3 Å². The second-order valence-corrected chi connectivity index (χ2v) is 4.76. The van der Waals surface area contributed by atoms with Gasteiger partial charge < -0.3 is 10.6 Å². The van der Waals surface area contributed by atoms with E-state index in [9.17, 15) is 4.79 Å². The molecule has 1 rings (SSSR count). The number of hydrogen-bond acceptors (Lipinski definition) is 3. The number of nitriles is 1. The van der Waals surface area contributed by atoms with Crippen molar-refractivity contribution in [2.45, 2.75) is 26.7 Å². The molecular weight excluding hydrogens is 190 g/mol. The van der Waals surface area contributed by atoms with Gasteiger partial charge in [0.2, 0.25) is 5.91 Å². The summed E-state index contributed by atoms with van der Waals surface area (Å²) in [7, 11) is 0. The molecule has 1 heterocycles. The summed E-state index contributed by atoms with van der Waals surface area (Å²) in [6, 6.07) is 2.17. The molecule has 84 valence electrons. The summed E-state index contributed by atoms with van der Waals surface area (Å²) in [6.45, 7) is 5.85. The Bertz CT molecular complexity index is 261. The molecule has 0 aromatic heterocycles. The molecule has 1 fully saturated rings. The molecule has 0 aromatic carbocycles. The van der Waals surface area contributed by atoms with Crippen LogP contribution < -0.4 is 10.6 Å². The van der Waals surface area contributed by atoms with Crippen LogP contribution in [0.2, 0.25) is 0 Å². The lowest BCUT2D eigenvalue weighted by Gasteiger charge is -2.23. The van der Waals surface area contributed by atoms with Crippen molar-refractivity contribution < 1.29 is 4.79 Å². The van der Waals surface area contributed by atoms with E-state index in [4.69, 9.17) is 5.26 Å². The average molecular weight is 209 g/mol. The lowest BCUT2D eigenvalue weighted by atomic mass is 9.94. The van der Waals surface area contributed by atoms with Gasteiger partial charge >= 0.3 is 0 Å². The van der Waals surface area contributed by atoms with Crippen LogP contribution in [0.15, 0.2) is 0 Å². The zero-order chi connectivity index (χ0) is 11.3. The van der Waals surface area contributed by atoms with Gasteiger partial charge in [-0.15, -0.1) is 0 Å². The molecule has 0 aliphatic carbocycles. The Hall–Kier alpha value is -1.08. The second-order valence-electron chi connectivity index (χ2n) is 4.76. The molecule has 0 bridgehead atoms. The van der Waals surface area contributed by atoms with Crippen LogP contribution in [-0.2, 0) is 4.79 Å². The van der Waals surface area contributed by atoms with Gasteiger partial charge in [0, 0.05) is 13.1 Å². The number of amides is 1. The molecule has 4 heteroatoms. The summed E-state index contributed by atoms with van der Waals surface area (Å²) in [6.07, 6.45) is 2.01. The first-order chi connectivity index (χ1) is 7.05. The van der Waals surface area contributed by atoms with Crippen molar-refractivity contribution in [1.82, 2.24) is 10.6 Å². The van der Waals surface area contributed by atoms with Crippen molar-refractivity contribution in [3.63, 3.8) is 0 Å². The number of nitrogens with zero attached hydrogens (tertiary/aromatic N) is 1. The van der Waals surface area contributed by atoms with E-state index < -0.39 is 5.41 Å². The Morgan fingerprint density at radius 1 is 1.67 bits per heavy atom. The van der Waals surface area contributed by atoms with E-state index in [0.717, 1.165) is 25.9 Å². The minimum Gasteiger partial charge on any atom is -0.354 e. The average Bonchev–Trinajstić information content (AvgIpc) is 2.27. The number of carbonyl (C=O) groups excluding carboxylic acids is 1. The Morgan fingerprint density at radius 2 is 2.40 bits per heavy atom. The smallest absolute Gasteiger partial charge is 0.224 e. The van der Waals surface area contributed by atoms with Crippen LogP contribution in [0.4, 0.5) is 0 Å². The predicted molar refractivity (Wildman–Crippen MR) is 58.0 cm³/mol. The maximum absolute atomic E-state index is 11.7. The van der Waals surface area contributed by atoms with Crippen molar-refractivity contribution in [3.05, 3.63) is 0 Å². The molecule has 0 spiro atoms. The lowest BCUT2D eigenvalue weighted by molar-refractivity contribution is -0.125. The van der Waals surface area contributed by atoms with E-state index in [-0.39, 0.29) is 11.8 Å². The van der Waals surface area contributed by atoms with Gasteiger partial charge in [-0.05, 0) is 33.2 Å². The summed E-state index contributed by atoms with van der Waals surface area (Å²) < 4.78 is 0. The number of nitrogens with one attached hydrogen (secondary N) is 2. The first kappa shape index (κ1) is 12.0. The summed E-state index contributed by atoms with van der Waals surface area (Å²) in [5.74, 6) is 0.152. The molecule has 1 aliphatic heterocycles. The van der Waals surface area contributed by atoms with Gasteiger partial charge in [0.15, 0.2) is 0 Å². The molecule has 1 atom stereocenters. The van der Waals surface area contributed by atoms with Crippen molar-refractivity contribution in [2.75, 3.05) is 19.6 Å². The fourth-order valence-electron chi connectivity index (χ4n) is 1.57. The lowest BCUT2D eigenvalue weighted by Crippen LogP contribution is -2.43. The van der Waals surface area contributed by atoms with Gasteiger partial charge in [-0.25, -0.2) is 0 Å². The third kappa shape index (κ3) is 3.88. The molecule has 1 amide bonds. The number of carbonyl (C=O) groups is 1. The maximum atomic E-state index is 11.7. The first-order valence-corrected chi connectivity index (χ1v) is 5.45. The standard InChI is InChI=1S/C11H19N3O/c1-11(2,7-12)8-14-10(15)9-4-3-5-13-6-9/h9,13H,3-6,8H2,1-2H3,(H,14,15)/t9-/m1/s1. The molecule has 2 N–H and O–H groups in total. The highest BCUT2D eigenvalue weighted by molar-refractivity contribution is 5.79. The number of hydrogen-bond donors (Lipinski definition) is 2. The van der Waals surface area contributed by atoms with Gasteiger partial charge in [-0.1, -0.05) is 0 Å². The summed E-state index contributed by atoms with van der Waals surface area (Å²) in [5.41, 5.74) is -0.474. The van der Waals surface area contributed by atoms with E-state index in [0.29, 0.717) is 6.54 Å². The van der Waals surface area contributed by atoms with Crippen molar-refractivity contribution in [3.8, 4) is 6.07 Å². The molecule has 0 aromatic rings. The highest BCUT2D eigenvalue weighted by Crippen LogP contribution is 2.13. The van der Waals surface area contributed by atoms with Crippen LogP contribution in [-0.4, -0.2) is 25.5 Å². The number of rotatable bonds is 3. The van der Waals surface area contributed by atoms with Crippen LogP contribution in [0.25, 0.3) is 0 Å². The maximum Gasteiger partial charge on any atom is 0.224 e. The highest BCUT2D eigenvalue weighted by atomic mass is 16.1. The number of piperidine rings is 1. The summed E-state index contributed by atoms with van der Waals surface area (Å²) in [5, 5.41) is 14.8. The summed E-state index contributed by atoms with van der Waals surface area (Å²) in [4.78, 5) is 11.7. The Morgan fingerprint density at radius 3 is 2.93 bits per heavy atom. The zero-order valence-corrected chi connectivity index (χ0v) is 9.47. The minimum atomic E-state index is -0.474. The van der Waals surface area contributed by atoms with E-state index in [1.165, 1.54) is 0 Å². The highest BCUT2D eigenvalue weighted by Gasteiger charge is 2.23. The second kappa shape index (κ2) is 5.13. The van der Waals surface area contributed by atoms with Gasteiger partial charge in [0.1, 0.15) is 0 Å². The Balaban J connectivity index is 2.32. The SMILES string of the molecule is CC(C)(C#N)CNC(=O)[C@@H]1CCCNC1. The van der Waals surface area contributed by atoms with Crippen LogP contribution in [0.5, 0.6) is 0 Å². The summed E-state index contributed by atoms with van der Waals surface area (Å²) >= 11 is 0. The van der Waals surface area contributed by atoms with Crippen LogP contribution >= 0.6 is 0 Å². The quantitative estimate of drug-likeness (QED) is 0.717. The van der Waals surface area contributed by atoms with Gasteiger partial charge in [-0.3, -0.25) is 4.79 Å². The molecule has 0 unspecified atom stereocenters. The van der Waals surface area contributed by atoms with E-state index in [2.05, 4.69) is 16.7 Å². The van der Waals surface area contributed by atoms with Gasteiger partial charge in [0.25, 0.3) is 0 Å². The van der Waals surface area contributed by atoms with Crippen LogP contribution in [0.3, 0.4) is 0 Å². The Kier molecular flexibility index (Phi) is 4.10. The van der Waals surface area contributed by atoms with Crippen LogP contribution in [0.1, 0.15) is 26.7 Å². The molecule has 0 radical (unpaired) electrons. The third-order valence-electron chi connectivity index (χ3n) is 2.67. The van der Waals surface area contributed by atoms with Crippen LogP contribution in [0, 0.1) is 22.7 Å².